The maximum Gasteiger partial charge on any atom is 0.524 e. The Bertz CT molecular complexity index is 1040. The van der Waals surface area contributed by atoms with Crippen molar-refractivity contribution < 1.29 is 33.3 Å². The molecule has 11 nitrogen and oxygen atoms in total. The highest BCUT2D eigenvalue weighted by Gasteiger charge is 2.27. The largest absolute Gasteiger partial charge is 0.524 e. The zero-order chi connectivity index (χ0) is 26.0. The summed E-state index contributed by atoms with van der Waals surface area (Å²) < 4.78 is 15.5. The van der Waals surface area contributed by atoms with Gasteiger partial charge in [-0.05, 0) is 47.7 Å². The summed E-state index contributed by atoms with van der Waals surface area (Å²) in [5.74, 6) is -1.21. The van der Waals surface area contributed by atoms with E-state index < -0.39 is 31.7 Å². The summed E-state index contributed by atoms with van der Waals surface area (Å²) in [4.78, 5) is 59.4. The van der Waals surface area contributed by atoms with Crippen LogP contribution in [0.2, 0.25) is 0 Å². The molecular formula is C23H31N4O7P. The van der Waals surface area contributed by atoms with E-state index >= 15 is 0 Å². The van der Waals surface area contributed by atoms with Gasteiger partial charge in [0.2, 0.25) is 17.7 Å². The van der Waals surface area contributed by atoms with Crippen LogP contribution >= 0.6 is 7.82 Å². The number of aromatic nitrogens is 1. The fourth-order valence-corrected chi connectivity index (χ4v) is 3.70. The Hall–Kier alpha value is -3.27. The van der Waals surface area contributed by atoms with E-state index in [0.29, 0.717) is 12.0 Å². The van der Waals surface area contributed by atoms with E-state index in [1.165, 1.54) is 31.2 Å². The van der Waals surface area contributed by atoms with Gasteiger partial charge in [0.05, 0.1) is 0 Å². The normalized spacial score (nSPS) is 13.0. The van der Waals surface area contributed by atoms with Gasteiger partial charge in [-0.1, -0.05) is 26.0 Å². The van der Waals surface area contributed by atoms with Gasteiger partial charge in [0, 0.05) is 32.3 Å². The van der Waals surface area contributed by atoms with Crippen LogP contribution in [0.3, 0.4) is 0 Å². The molecule has 0 aliphatic carbocycles. The second kappa shape index (κ2) is 13.0. The van der Waals surface area contributed by atoms with Crippen LogP contribution in [-0.2, 0) is 31.9 Å². The lowest BCUT2D eigenvalue weighted by molar-refractivity contribution is -0.132. The highest BCUT2D eigenvalue weighted by molar-refractivity contribution is 7.46. The third-order valence-electron chi connectivity index (χ3n) is 4.84. The predicted octanol–water partition coefficient (Wildman–Crippen LogP) is 1.45. The van der Waals surface area contributed by atoms with Crippen molar-refractivity contribution in [3.8, 4) is 5.75 Å². The van der Waals surface area contributed by atoms with Crippen molar-refractivity contribution in [1.82, 2.24) is 20.9 Å². The molecule has 2 rings (SSSR count). The monoisotopic (exact) mass is 506 g/mol. The van der Waals surface area contributed by atoms with Crippen LogP contribution in [0.1, 0.15) is 38.3 Å². The molecule has 1 aromatic heterocycles. The van der Waals surface area contributed by atoms with E-state index in [9.17, 15) is 18.9 Å². The second-order valence-corrected chi connectivity index (χ2v) is 9.61. The molecule has 5 N–H and O–H groups in total. The molecule has 0 aliphatic heterocycles. The standard InChI is InChI=1S/C23H31N4O7P/c1-15(2)12-20(22(29)25-14-18-8-10-24-11-9-18)27-23(30)21(26-16(3)28)13-17-4-6-19(7-5-17)34-35(31,32)33/h4-11,15,20-21H,12-14H2,1-3H3,(H,25,29)(H,26,28)(H,27,30)(H2,31,32,33)/t20-,21-/m0/s1. The highest BCUT2D eigenvalue weighted by Crippen LogP contribution is 2.37. The Kier molecular flexibility index (Phi) is 10.4. The quantitative estimate of drug-likeness (QED) is 0.270. The molecular weight excluding hydrogens is 475 g/mol. The lowest BCUT2D eigenvalue weighted by Gasteiger charge is -2.24. The Balaban J connectivity index is 2.09. The Labute approximate surface area is 203 Å². The van der Waals surface area contributed by atoms with E-state index in [2.05, 4.69) is 25.5 Å². The predicted molar refractivity (Wildman–Crippen MR) is 128 cm³/mol. The van der Waals surface area contributed by atoms with Crippen molar-refractivity contribution in [2.24, 2.45) is 5.92 Å². The van der Waals surface area contributed by atoms with Crippen molar-refractivity contribution >= 4 is 25.5 Å². The Morgan fingerprint density at radius 3 is 2.11 bits per heavy atom. The Morgan fingerprint density at radius 1 is 0.943 bits per heavy atom. The number of amides is 3. The van der Waals surface area contributed by atoms with Gasteiger partial charge in [-0.3, -0.25) is 29.2 Å². The number of carbonyl (C=O) groups excluding carboxylic acids is 3. The van der Waals surface area contributed by atoms with E-state index in [-0.39, 0.29) is 30.5 Å². The molecule has 0 saturated heterocycles. The van der Waals surface area contributed by atoms with Crippen molar-refractivity contribution in [3.63, 3.8) is 0 Å². The molecule has 0 saturated carbocycles. The fraction of sp³-hybridized carbons (Fsp3) is 0.391. The average Bonchev–Trinajstić information content (AvgIpc) is 2.77. The molecule has 1 heterocycles. The van der Waals surface area contributed by atoms with E-state index in [0.717, 1.165) is 5.56 Å². The average molecular weight is 506 g/mol. The van der Waals surface area contributed by atoms with Crippen LogP contribution in [0.5, 0.6) is 5.75 Å². The van der Waals surface area contributed by atoms with Crippen molar-refractivity contribution in [2.75, 3.05) is 0 Å². The molecule has 0 spiro atoms. The molecule has 1 aromatic carbocycles. The zero-order valence-corrected chi connectivity index (χ0v) is 20.7. The summed E-state index contributed by atoms with van der Waals surface area (Å²) in [7, 11) is -4.69. The topological polar surface area (TPSA) is 167 Å². The summed E-state index contributed by atoms with van der Waals surface area (Å²) in [5, 5.41) is 8.16. The number of hydrogen-bond donors (Lipinski definition) is 5. The van der Waals surface area contributed by atoms with Crippen molar-refractivity contribution in [3.05, 3.63) is 59.9 Å². The molecule has 2 atom stereocenters. The Morgan fingerprint density at radius 2 is 1.57 bits per heavy atom. The molecule has 190 valence electrons. The van der Waals surface area contributed by atoms with Crippen LogP contribution < -0.4 is 20.5 Å². The minimum Gasteiger partial charge on any atom is -0.404 e. The van der Waals surface area contributed by atoms with Crippen molar-refractivity contribution in [2.45, 2.75) is 52.2 Å². The fourth-order valence-electron chi connectivity index (χ4n) is 3.30. The van der Waals surface area contributed by atoms with Gasteiger partial charge in [-0.15, -0.1) is 0 Å². The summed E-state index contributed by atoms with van der Waals surface area (Å²) in [5.41, 5.74) is 1.48. The molecule has 3 amide bonds. The van der Waals surface area contributed by atoms with Gasteiger partial charge >= 0.3 is 7.82 Å². The molecule has 12 heteroatoms. The number of pyridine rings is 1. The van der Waals surface area contributed by atoms with Gasteiger partial charge in [0.1, 0.15) is 17.8 Å². The number of nitrogens with zero attached hydrogens (tertiary/aromatic N) is 1. The van der Waals surface area contributed by atoms with E-state index in [1.807, 2.05) is 13.8 Å². The SMILES string of the molecule is CC(=O)N[C@@H](Cc1ccc(OP(=O)(O)O)cc1)C(=O)N[C@@H](CC(C)C)C(=O)NCc1ccncc1. The summed E-state index contributed by atoms with van der Waals surface area (Å²) in [6.45, 7) is 5.43. The lowest BCUT2D eigenvalue weighted by Crippen LogP contribution is -2.54. The number of nitrogens with one attached hydrogen (secondary N) is 3. The zero-order valence-electron chi connectivity index (χ0n) is 19.8. The summed E-state index contributed by atoms with van der Waals surface area (Å²) in [6, 6.07) is 7.54. The van der Waals surface area contributed by atoms with Gasteiger partial charge in [-0.2, -0.15) is 0 Å². The first-order valence-corrected chi connectivity index (χ1v) is 12.5. The number of benzene rings is 1. The summed E-state index contributed by atoms with van der Waals surface area (Å²) >= 11 is 0. The third-order valence-corrected chi connectivity index (χ3v) is 5.29. The molecule has 35 heavy (non-hydrogen) atoms. The summed E-state index contributed by atoms with van der Waals surface area (Å²) in [6.07, 6.45) is 3.74. The van der Waals surface area contributed by atoms with Gasteiger partial charge in [0.15, 0.2) is 0 Å². The maximum atomic E-state index is 13.1. The molecule has 2 aromatic rings. The third kappa shape index (κ3) is 10.7. The molecule has 0 bridgehead atoms. The van der Waals surface area contributed by atoms with Crippen LogP contribution in [0, 0.1) is 5.92 Å². The van der Waals surface area contributed by atoms with Crippen molar-refractivity contribution in [1.29, 1.82) is 0 Å². The molecule has 0 aliphatic rings. The molecule has 0 fully saturated rings. The number of hydrogen-bond acceptors (Lipinski definition) is 6. The van der Waals surface area contributed by atoms with E-state index in [1.54, 1.807) is 24.5 Å². The van der Waals surface area contributed by atoms with Crippen LogP contribution in [0.4, 0.5) is 0 Å². The first-order valence-electron chi connectivity index (χ1n) is 11.0. The van der Waals surface area contributed by atoms with Crippen LogP contribution in [-0.4, -0.2) is 44.6 Å². The number of carbonyl (C=O) groups is 3. The number of phosphoric acid groups is 1. The maximum absolute atomic E-state index is 13.1. The van der Waals surface area contributed by atoms with Gasteiger partial charge in [0.25, 0.3) is 0 Å². The second-order valence-electron chi connectivity index (χ2n) is 8.45. The lowest BCUT2D eigenvalue weighted by atomic mass is 10.0. The minimum atomic E-state index is -4.69. The highest BCUT2D eigenvalue weighted by atomic mass is 31.2. The minimum absolute atomic E-state index is 0.0366. The van der Waals surface area contributed by atoms with E-state index in [4.69, 9.17) is 9.79 Å². The first-order chi connectivity index (χ1) is 16.4. The smallest absolute Gasteiger partial charge is 0.404 e. The van der Waals surface area contributed by atoms with Crippen LogP contribution in [0.25, 0.3) is 0 Å². The van der Waals surface area contributed by atoms with Crippen LogP contribution in [0.15, 0.2) is 48.8 Å². The number of rotatable bonds is 12. The van der Waals surface area contributed by atoms with Gasteiger partial charge in [-0.25, -0.2) is 4.57 Å². The molecule has 0 unspecified atom stereocenters. The number of phosphoric ester groups is 1. The first kappa shape index (κ1) is 28.0. The van der Waals surface area contributed by atoms with Gasteiger partial charge < -0.3 is 20.5 Å². The molecule has 0 radical (unpaired) electrons.